The van der Waals surface area contributed by atoms with Crippen molar-refractivity contribution in [3.05, 3.63) is 96.6 Å². The molecule has 2 saturated carbocycles. The first-order chi connectivity index (χ1) is 17.6. The lowest BCUT2D eigenvalue weighted by Crippen LogP contribution is -2.40. The summed E-state index contributed by atoms with van der Waals surface area (Å²) < 4.78 is 5.79. The molecule has 1 heterocycles. The number of anilines is 2. The Morgan fingerprint density at radius 1 is 0.750 bits per heavy atom. The highest BCUT2D eigenvalue weighted by Gasteiger charge is 2.67. The molecule has 5 aliphatic rings. The summed E-state index contributed by atoms with van der Waals surface area (Å²) in [6, 6.07) is 23.3. The van der Waals surface area contributed by atoms with Crippen molar-refractivity contribution in [1.82, 2.24) is 0 Å². The molecule has 6 heteroatoms. The molecule has 3 aromatic rings. The van der Waals surface area contributed by atoms with Gasteiger partial charge in [-0.25, -0.2) is 0 Å². The second kappa shape index (κ2) is 7.92. The molecule has 4 aliphatic carbocycles. The van der Waals surface area contributed by atoms with Crippen molar-refractivity contribution in [3.8, 4) is 11.5 Å². The van der Waals surface area contributed by atoms with Gasteiger partial charge in [0.25, 0.3) is 5.91 Å². The van der Waals surface area contributed by atoms with Gasteiger partial charge in [0.15, 0.2) is 0 Å². The molecule has 0 unspecified atom stereocenters. The number of rotatable bonds is 5. The molecule has 178 valence electrons. The second-order valence-electron chi connectivity index (χ2n) is 10.1. The number of carbonyl (C=O) groups is 3. The van der Waals surface area contributed by atoms with Gasteiger partial charge in [0.2, 0.25) is 11.8 Å². The fourth-order valence-electron chi connectivity index (χ4n) is 6.41. The van der Waals surface area contributed by atoms with Crippen molar-refractivity contribution < 1.29 is 19.1 Å². The Balaban J connectivity index is 1.03. The van der Waals surface area contributed by atoms with Gasteiger partial charge in [-0.05, 0) is 90.8 Å². The maximum absolute atomic E-state index is 13.3. The lowest BCUT2D eigenvalue weighted by atomic mass is 9.63. The molecule has 0 aromatic heterocycles. The van der Waals surface area contributed by atoms with Crippen LogP contribution < -0.4 is 15.0 Å². The molecular formula is C30H24N2O4. The van der Waals surface area contributed by atoms with Crippen LogP contribution in [0.4, 0.5) is 11.4 Å². The summed E-state index contributed by atoms with van der Waals surface area (Å²) in [6.45, 7) is 0. The van der Waals surface area contributed by atoms with E-state index in [0.29, 0.717) is 34.5 Å². The summed E-state index contributed by atoms with van der Waals surface area (Å²) >= 11 is 0. The number of hydrogen-bond acceptors (Lipinski definition) is 4. The smallest absolute Gasteiger partial charge is 0.255 e. The molecule has 0 spiro atoms. The van der Waals surface area contributed by atoms with Crippen molar-refractivity contribution in [3.63, 3.8) is 0 Å². The van der Waals surface area contributed by atoms with E-state index >= 15 is 0 Å². The Bertz CT molecular complexity index is 1360. The summed E-state index contributed by atoms with van der Waals surface area (Å²) in [6.07, 6.45) is 5.48. The van der Waals surface area contributed by atoms with Gasteiger partial charge in [-0.1, -0.05) is 30.4 Å². The molecule has 0 radical (unpaired) electrons. The van der Waals surface area contributed by atoms with Gasteiger partial charge in [0.05, 0.1) is 17.5 Å². The normalized spacial score (nSPS) is 29.1. The minimum Gasteiger partial charge on any atom is -0.457 e. The third-order valence-electron chi connectivity index (χ3n) is 8.14. The van der Waals surface area contributed by atoms with Crippen LogP contribution in [-0.4, -0.2) is 17.7 Å². The lowest BCUT2D eigenvalue weighted by molar-refractivity contribution is -0.124. The Labute approximate surface area is 208 Å². The largest absolute Gasteiger partial charge is 0.457 e. The van der Waals surface area contributed by atoms with Crippen molar-refractivity contribution in [2.75, 3.05) is 10.2 Å². The van der Waals surface area contributed by atoms with Crippen LogP contribution in [0.2, 0.25) is 0 Å². The fourth-order valence-corrected chi connectivity index (χ4v) is 6.41. The van der Waals surface area contributed by atoms with Crippen LogP contribution >= 0.6 is 0 Å². The van der Waals surface area contributed by atoms with E-state index in [2.05, 4.69) is 17.5 Å². The number of hydrogen-bond donors (Lipinski definition) is 1. The molecule has 6 nitrogen and oxygen atoms in total. The summed E-state index contributed by atoms with van der Waals surface area (Å²) in [5.74, 6) is 2.03. The first kappa shape index (κ1) is 21.1. The van der Waals surface area contributed by atoms with Crippen LogP contribution in [0.5, 0.6) is 11.5 Å². The molecule has 3 fully saturated rings. The summed E-state index contributed by atoms with van der Waals surface area (Å²) in [5, 5.41) is 2.88. The maximum atomic E-state index is 13.3. The van der Waals surface area contributed by atoms with E-state index in [0.717, 1.165) is 12.2 Å². The molecule has 1 saturated heterocycles. The van der Waals surface area contributed by atoms with Crippen molar-refractivity contribution in [1.29, 1.82) is 0 Å². The average Bonchev–Trinajstić information content (AvgIpc) is 3.69. The number of benzene rings is 3. The van der Waals surface area contributed by atoms with E-state index in [1.807, 2.05) is 30.3 Å². The van der Waals surface area contributed by atoms with Crippen molar-refractivity contribution in [2.24, 2.45) is 35.5 Å². The number of amides is 3. The number of imide groups is 1. The van der Waals surface area contributed by atoms with Crippen LogP contribution in [0, 0.1) is 35.5 Å². The van der Waals surface area contributed by atoms with Crippen LogP contribution in [0.3, 0.4) is 0 Å². The van der Waals surface area contributed by atoms with Gasteiger partial charge in [0, 0.05) is 11.3 Å². The zero-order valence-electron chi connectivity index (χ0n) is 19.4. The van der Waals surface area contributed by atoms with Gasteiger partial charge >= 0.3 is 0 Å². The number of nitrogens with one attached hydrogen (secondary N) is 1. The fraction of sp³-hybridized carbons (Fsp3) is 0.233. The van der Waals surface area contributed by atoms with Gasteiger partial charge in [0.1, 0.15) is 11.5 Å². The van der Waals surface area contributed by atoms with Crippen LogP contribution in [0.25, 0.3) is 0 Å². The third kappa shape index (κ3) is 3.28. The van der Waals surface area contributed by atoms with Gasteiger partial charge in [-0.3, -0.25) is 19.3 Å². The van der Waals surface area contributed by atoms with Crippen molar-refractivity contribution in [2.45, 2.75) is 6.42 Å². The predicted molar refractivity (Wildman–Crippen MR) is 135 cm³/mol. The number of nitrogens with zero attached hydrogens (tertiary/aromatic N) is 1. The molecule has 3 aromatic carbocycles. The zero-order chi connectivity index (χ0) is 24.4. The molecule has 2 bridgehead atoms. The van der Waals surface area contributed by atoms with E-state index in [4.69, 9.17) is 4.74 Å². The highest BCUT2D eigenvalue weighted by molar-refractivity contribution is 6.22. The van der Waals surface area contributed by atoms with Gasteiger partial charge in [-0.15, -0.1) is 0 Å². The summed E-state index contributed by atoms with van der Waals surface area (Å²) in [4.78, 5) is 40.7. The minimum absolute atomic E-state index is 0.0929. The van der Waals surface area contributed by atoms with Crippen LogP contribution in [0.1, 0.15) is 16.8 Å². The van der Waals surface area contributed by atoms with Crippen LogP contribution in [0.15, 0.2) is 91.0 Å². The van der Waals surface area contributed by atoms with E-state index in [-0.39, 0.29) is 41.4 Å². The second-order valence-corrected chi connectivity index (χ2v) is 10.1. The molecule has 36 heavy (non-hydrogen) atoms. The Morgan fingerprint density at radius 2 is 1.33 bits per heavy atom. The molecule has 6 atom stereocenters. The van der Waals surface area contributed by atoms with E-state index in [1.165, 1.54) is 4.90 Å². The van der Waals surface area contributed by atoms with E-state index in [1.54, 1.807) is 48.5 Å². The molecule has 1 N–H and O–H groups in total. The third-order valence-corrected chi connectivity index (χ3v) is 8.14. The Kier molecular flexibility index (Phi) is 4.64. The van der Waals surface area contributed by atoms with Gasteiger partial charge in [-0.2, -0.15) is 0 Å². The molecular weight excluding hydrogens is 452 g/mol. The zero-order valence-corrected chi connectivity index (χ0v) is 19.4. The van der Waals surface area contributed by atoms with Crippen LogP contribution in [-0.2, 0) is 9.59 Å². The molecule has 3 amide bonds. The molecule has 1 aliphatic heterocycles. The topological polar surface area (TPSA) is 75.7 Å². The standard InChI is InChI=1S/C30H24N2O4/c33-28(31-18-8-12-21(13-9-18)36-20-4-2-1-3-5-20)17-6-10-19(11-7-17)32-29(34)26-22-14-15-23(25-16-24(22)25)27(26)30(32)35/h1-15,22-27H,16H2,(H,31,33)/t22-,23+,24-,25-,26+,27+/m1/s1. The van der Waals surface area contributed by atoms with Crippen molar-refractivity contribution >= 4 is 29.1 Å². The first-order valence-electron chi connectivity index (χ1n) is 12.4. The van der Waals surface area contributed by atoms with E-state index < -0.39 is 0 Å². The Hall–Kier alpha value is -4.19. The van der Waals surface area contributed by atoms with E-state index in [9.17, 15) is 14.4 Å². The lowest BCUT2D eigenvalue weighted by Gasteiger charge is -2.37. The number of ether oxygens (including phenoxy) is 1. The number of para-hydroxylation sites is 1. The van der Waals surface area contributed by atoms with Gasteiger partial charge < -0.3 is 10.1 Å². The SMILES string of the molecule is O=C(Nc1ccc(Oc2ccccc2)cc1)c1ccc(N2C(=O)[C@H]3[C@@H]4C=C[C@@H]([C@H]5C[C@H]45)[C@@H]3C2=O)cc1. The molecule has 8 rings (SSSR count). The minimum atomic E-state index is -0.270. The average molecular weight is 477 g/mol. The highest BCUT2D eigenvalue weighted by atomic mass is 16.5. The number of carbonyl (C=O) groups excluding carboxylic acids is 3. The maximum Gasteiger partial charge on any atom is 0.255 e. The predicted octanol–water partition coefficient (Wildman–Crippen LogP) is 5.29. The number of allylic oxidation sites excluding steroid dienone is 2. The highest BCUT2D eigenvalue weighted by Crippen LogP contribution is 2.65. The quantitative estimate of drug-likeness (QED) is 0.401. The summed E-state index contributed by atoms with van der Waals surface area (Å²) in [5.41, 5.74) is 1.62. The first-order valence-corrected chi connectivity index (χ1v) is 12.4. The monoisotopic (exact) mass is 476 g/mol. The summed E-state index contributed by atoms with van der Waals surface area (Å²) in [7, 11) is 0. The Morgan fingerprint density at radius 3 is 1.94 bits per heavy atom.